The van der Waals surface area contributed by atoms with Gasteiger partial charge in [0.15, 0.2) is 11.9 Å². The molecule has 0 saturated carbocycles. The third kappa shape index (κ3) is 4.52. The second-order valence-corrected chi connectivity index (χ2v) is 7.33. The SMILES string of the molecule is O=C(OC(c1ccccc1)c1ccccc1)C(O)=CC(=O)c1c[nH]c2ccc(Cl)cc12. The number of benzene rings is 3. The van der Waals surface area contributed by atoms with E-state index in [0.717, 1.165) is 22.7 Å². The topological polar surface area (TPSA) is 79.4 Å². The molecule has 0 aliphatic rings. The van der Waals surface area contributed by atoms with Crippen molar-refractivity contribution >= 4 is 34.3 Å². The molecular weight excluding hydrogens is 414 g/mol. The predicted octanol–water partition coefficient (Wildman–Crippen LogP) is 5.78. The number of ether oxygens (including phenoxy) is 1. The molecule has 0 aliphatic carbocycles. The highest BCUT2D eigenvalue weighted by atomic mass is 35.5. The van der Waals surface area contributed by atoms with Gasteiger partial charge in [-0.25, -0.2) is 4.79 Å². The van der Waals surface area contributed by atoms with E-state index in [1.807, 2.05) is 60.7 Å². The summed E-state index contributed by atoms with van der Waals surface area (Å²) in [5, 5.41) is 11.4. The molecule has 0 fully saturated rings. The molecule has 0 radical (unpaired) electrons. The standard InChI is InChI=1S/C25H18ClNO4/c26-18-11-12-21-19(13-18)20(15-27-21)22(28)14-23(29)25(30)31-24(16-7-3-1-4-8-16)17-9-5-2-6-10-17/h1-15,24,27,29H. The van der Waals surface area contributed by atoms with Gasteiger partial charge in [0.25, 0.3) is 0 Å². The molecule has 2 N–H and O–H groups in total. The van der Waals surface area contributed by atoms with E-state index in [0.29, 0.717) is 16.0 Å². The Morgan fingerprint density at radius 1 is 0.935 bits per heavy atom. The Labute approximate surface area is 183 Å². The summed E-state index contributed by atoms with van der Waals surface area (Å²) < 4.78 is 5.57. The number of nitrogens with one attached hydrogen (secondary N) is 1. The summed E-state index contributed by atoms with van der Waals surface area (Å²) >= 11 is 6.02. The number of aliphatic hydroxyl groups excluding tert-OH is 1. The van der Waals surface area contributed by atoms with Crippen LogP contribution in [-0.4, -0.2) is 21.8 Å². The molecule has 0 aliphatic heterocycles. The quantitative estimate of drug-likeness (QED) is 0.175. The van der Waals surface area contributed by atoms with Crippen molar-refractivity contribution in [2.75, 3.05) is 0 Å². The zero-order chi connectivity index (χ0) is 21.8. The third-order valence-electron chi connectivity index (χ3n) is 4.82. The summed E-state index contributed by atoms with van der Waals surface area (Å²) in [5.74, 6) is -2.32. The van der Waals surface area contributed by atoms with Crippen LogP contribution in [0.2, 0.25) is 5.02 Å². The van der Waals surface area contributed by atoms with Crippen LogP contribution < -0.4 is 0 Å². The highest BCUT2D eigenvalue weighted by Gasteiger charge is 2.22. The first-order chi connectivity index (χ1) is 15.0. The maximum Gasteiger partial charge on any atom is 0.374 e. The Balaban J connectivity index is 1.59. The Morgan fingerprint density at radius 3 is 2.16 bits per heavy atom. The van der Waals surface area contributed by atoms with E-state index in [2.05, 4.69) is 4.98 Å². The minimum absolute atomic E-state index is 0.291. The van der Waals surface area contributed by atoms with Gasteiger partial charge in [0.1, 0.15) is 0 Å². The molecule has 0 atom stereocenters. The molecule has 31 heavy (non-hydrogen) atoms. The van der Waals surface area contributed by atoms with Crippen LogP contribution >= 0.6 is 11.6 Å². The van der Waals surface area contributed by atoms with Crippen molar-refractivity contribution < 1.29 is 19.4 Å². The van der Waals surface area contributed by atoms with Crippen molar-refractivity contribution in [1.82, 2.24) is 4.98 Å². The average Bonchev–Trinajstić information content (AvgIpc) is 3.21. The molecule has 1 aromatic heterocycles. The summed E-state index contributed by atoms with van der Waals surface area (Å²) in [4.78, 5) is 28.2. The highest BCUT2D eigenvalue weighted by molar-refractivity contribution is 6.31. The molecule has 0 bridgehead atoms. The van der Waals surface area contributed by atoms with Gasteiger partial charge in [0, 0.05) is 33.8 Å². The molecule has 0 amide bonds. The van der Waals surface area contributed by atoms with E-state index in [1.165, 1.54) is 6.20 Å². The molecule has 154 valence electrons. The number of carbonyl (C=O) groups excluding carboxylic acids is 2. The number of fused-ring (bicyclic) bond motifs is 1. The van der Waals surface area contributed by atoms with Gasteiger partial charge in [-0.05, 0) is 29.3 Å². The fourth-order valence-electron chi connectivity index (χ4n) is 3.31. The summed E-state index contributed by atoms with van der Waals surface area (Å²) in [5.41, 5.74) is 2.50. The lowest BCUT2D eigenvalue weighted by molar-refractivity contribution is -0.145. The molecule has 0 saturated heterocycles. The minimum atomic E-state index is -0.996. The molecular formula is C25H18ClNO4. The number of allylic oxidation sites excluding steroid dienone is 1. The Bertz CT molecular complexity index is 1220. The lowest BCUT2D eigenvalue weighted by atomic mass is 10.0. The van der Waals surface area contributed by atoms with E-state index in [9.17, 15) is 14.7 Å². The number of ketones is 1. The first-order valence-corrected chi connectivity index (χ1v) is 9.93. The number of rotatable bonds is 6. The maximum absolute atomic E-state index is 12.7. The second-order valence-electron chi connectivity index (χ2n) is 6.89. The molecule has 1 heterocycles. The van der Waals surface area contributed by atoms with Crippen molar-refractivity contribution in [2.24, 2.45) is 0 Å². The Hall–Kier alpha value is -3.83. The first-order valence-electron chi connectivity index (χ1n) is 9.55. The van der Waals surface area contributed by atoms with Crippen molar-refractivity contribution in [3.63, 3.8) is 0 Å². The van der Waals surface area contributed by atoms with Crippen LogP contribution in [0.15, 0.2) is 96.9 Å². The second kappa shape index (κ2) is 8.90. The van der Waals surface area contributed by atoms with E-state index in [-0.39, 0.29) is 0 Å². The zero-order valence-corrected chi connectivity index (χ0v) is 17.0. The molecule has 0 spiro atoms. The maximum atomic E-state index is 12.7. The van der Waals surface area contributed by atoms with Crippen LogP contribution in [0.1, 0.15) is 27.6 Å². The van der Waals surface area contributed by atoms with E-state index in [4.69, 9.17) is 16.3 Å². The van der Waals surface area contributed by atoms with Crippen LogP contribution in [0.25, 0.3) is 10.9 Å². The normalized spacial score (nSPS) is 11.6. The first kappa shape index (κ1) is 20.4. The number of H-pyrrole nitrogens is 1. The summed E-state index contributed by atoms with van der Waals surface area (Å²) in [7, 11) is 0. The van der Waals surface area contributed by atoms with Crippen LogP contribution in [0.5, 0.6) is 0 Å². The summed E-state index contributed by atoms with van der Waals surface area (Å²) in [6.45, 7) is 0. The van der Waals surface area contributed by atoms with E-state index in [1.54, 1.807) is 18.2 Å². The van der Waals surface area contributed by atoms with Gasteiger partial charge in [-0.15, -0.1) is 0 Å². The summed E-state index contributed by atoms with van der Waals surface area (Å²) in [6.07, 6.45) is 1.64. The van der Waals surface area contributed by atoms with E-state index >= 15 is 0 Å². The lowest BCUT2D eigenvalue weighted by Crippen LogP contribution is -2.15. The molecule has 5 nitrogen and oxygen atoms in total. The number of aromatic amines is 1. The van der Waals surface area contributed by atoms with Gasteiger partial charge in [0.05, 0.1) is 0 Å². The molecule has 4 aromatic rings. The largest absolute Gasteiger partial charge is 0.502 e. The van der Waals surface area contributed by atoms with Gasteiger partial charge >= 0.3 is 5.97 Å². The third-order valence-corrected chi connectivity index (χ3v) is 5.05. The average molecular weight is 432 g/mol. The number of esters is 1. The smallest absolute Gasteiger partial charge is 0.374 e. The van der Waals surface area contributed by atoms with Gasteiger partial charge < -0.3 is 14.8 Å². The Morgan fingerprint density at radius 2 is 1.55 bits per heavy atom. The van der Waals surface area contributed by atoms with E-state index < -0.39 is 23.6 Å². The van der Waals surface area contributed by atoms with Crippen LogP contribution in [0, 0.1) is 0 Å². The van der Waals surface area contributed by atoms with Crippen molar-refractivity contribution in [3.8, 4) is 0 Å². The molecule has 6 heteroatoms. The van der Waals surface area contributed by atoms with Crippen LogP contribution in [0.4, 0.5) is 0 Å². The molecule has 0 unspecified atom stereocenters. The molecule has 4 rings (SSSR count). The highest BCUT2D eigenvalue weighted by Crippen LogP contribution is 2.27. The minimum Gasteiger partial charge on any atom is -0.502 e. The fraction of sp³-hybridized carbons (Fsp3) is 0.0400. The summed E-state index contributed by atoms with van der Waals surface area (Å²) in [6, 6.07) is 23.4. The van der Waals surface area contributed by atoms with Gasteiger partial charge in [-0.2, -0.15) is 0 Å². The zero-order valence-electron chi connectivity index (χ0n) is 16.3. The monoisotopic (exact) mass is 431 g/mol. The van der Waals surface area contributed by atoms with Gasteiger partial charge in [0.2, 0.25) is 5.76 Å². The van der Waals surface area contributed by atoms with Gasteiger partial charge in [-0.3, -0.25) is 4.79 Å². The number of aromatic nitrogens is 1. The number of aliphatic hydroxyl groups is 1. The van der Waals surface area contributed by atoms with Crippen molar-refractivity contribution in [1.29, 1.82) is 0 Å². The van der Waals surface area contributed by atoms with Crippen molar-refractivity contribution in [2.45, 2.75) is 6.10 Å². The number of halogens is 1. The number of carbonyl (C=O) groups is 2. The number of hydrogen-bond donors (Lipinski definition) is 2. The van der Waals surface area contributed by atoms with Crippen LogP contribution in [-0.2, 0) is 9.53 Å². The lowest BCUT2D eigenvalue weighted by Gasteiger charge is -2.18. The Kier molecular flexibility index (Phi) is 5.87. The van der Waals surface area contributed by atoms with Gasteiger partial charge in [-0.1, -0.05) is 72.3 Å². The molecule has 3 aromatic carbocycles. The fourth-order valence-corrected chi connectivity index (χ4v) is 3.48. The number of hydrogen-bond acceptors (Lipinski definition) is 4. The predicted molar refractivity (Wildman–Crippen MR) is 119 cm³/mol. The van der Waals surface area contributed by atoms with Crippen molar-refractivity contribution in [3.05, 3.63) is 119 Å². The van der Waals surface area contributed by atoms with Crippen LogP contribution in [0.3, 0.4) is 0 Å².